The van der Waals surface area contributed by atoms with Crippen molar-refractivity contribution in [3.8, 4) is 11.5 Å². The number of hydrogen-bond donors (Lipinski definition) is 2. The van der Waals surface area contributed by atoms with Crippen LogP contribution in [0.15, 0.2) is 21.7 Å². The molecule has 2 rings (SSSR count). The van der Waals surface area contributed by atoms with E-state index in [4.69, 9.17) is 9.47 Å². The Bertz CT molecular complexity index is 882. The van der Waals surface area contributed by atoms with Crippen molar-refractivity contribution < 1.29 is 14.3 Å². The number of fused-ring (bicyclic) bond motifs is 1. The van der Waals surface area contributed by atoms with Gasteiger partial charge in [0.1, 0.15) is 0 Å². The lowest BCUT2D eigenvalue weighted by atomic mass is 10.2. The fourth-order valence-electron chi connectivity index (χ4n) is 2.57. The zero-order valence-electron chi connectivity index (χ0n) is 14.8. The summed E-state index contributed by atoms with van der Waals surface area (Å²) in [6, 6.07) is 3.15. The van der Waals surface area contributed by atoms with E-state index in [0.717, 1.165) is 4.57 Å². The van der Waals surface area contributed by atoms with Gasteiger partial charge in [0, 0.05) is 25.1 Å². The van der Waals surface area contributed by atoms with Crippen LogP contribution < -0.4 is 26.0 Å². The van der Waals surface area contributed by atoms with Gasteiger partial charge in [-0.25, -0.2) is 4.79 Å². The number of aromatic nitrogens is 2. The molecule has 25 heavy (non-hydrogen) atoms. The smallest absolute Gasteiger partial charge is 0.328 e. The number of benzene rings is 1. The van der Waals surface area contributed by atoms with Gasteiger partial charge < -0.3 is 19.8 Å². The summed E-state index contributed by atoms with van der Waals surface area (Å²) in [6.07, 6.45) is 0.633. The first-order chi connectivity index (χ1) is 11.9. The molecule has 1 aromatic carbocycles. The summed E-state index contributed by atoms with van der Waals surface area (Å²) in [5.41, 5.74) is -0.570. The molecule has 136 valence electrons. The van der Waals surface area contributed by atoms with Crippen LogP contribution in [0, 0.1) is 0 Å². The molecule has 0 radical (unpaired) electrons. The van der Waals surface area contributed by atoms with Crippen LogP contribution in [0.3, 0.4) is 0 Å². The second-order valence-electron chi connectivity index (χ2n) is 5.97. The Balaban J connectivity index is 2.30. The van der Waals surface area contributed by atoms with E-state index < -0.39 is 11.2 Å². The predicted molar refractivity (Wildman–Crippen MR) is 94.4 cm³/mol. The van der Waals surface area contributed by atoms with E-state index in [2.05, 4.69) is 10.3 Å². The number of carbonyl (C=O) groups is 1. The van der Waals surface area contributed by atoms with Gasteiger partial charge in [0.25, 0.3) is 5.56 Å². The maximum atomic E-state index is 12.6. The summed E-state index contributed by atoms with van der Waals surface area (Å²) in [6.45, 7) is 3.90. The van der Waals surface area contributed by atoms with Gasteiger partial charge in [-0.2, -0.15) is 0 Å². The highest BCUT2D eigenvalue weighted by Crippen LogP contribution is 2.29. The minimum Gasteiger partial charge on any atom is -0.493 e. The number of aromatic amines is 1. The minimum absolute atomic E-state index is 0.0572. The largest absolute Gasteiger partial charge is 0.493 e. The second-order valence-corrected chi connectivity index (χ2v) is 5.97. The molecule has 0 aliphatic carbocycles. The molecule has 1 heterocycles. The normalized spacial score (nSPS) is 10.9. The molecule has 0 bridgehead atoms. The number of hydrogen-bond acceptors (Lipinski definition) is 5. The van der Waals surface area contributed by atoms with Crippen molar-refractivity contribution >= 4 is 16.8 Å². The van der Waals surface area contributed by atoms with E-state index in [0.29, 0.717) is 28.8 Å². The number of nitrogens with zero attached hydrogens (tertiary/aromatic N) is 1. The number of rotatable bonds is 7. The van der Waals surface area contributed by atoms with Crippen LogP contribution in [0.1, 0.15) is 26.7 Å². The van der Waals surface area contributed by atoms with Gasteiger partial charge in [0.05, 0.1) is 25.1 Å². The maximum Gasteiger partial charge on any atom is 0.328 e. The average Bonchev–Trinajstić information content (AvgIpc) is 2.56. The summed E-state index contributed by atoms with van der Waals surface area (Å²) in [5, 5.41) is 3.10. The Hall–Kier alpha value is -2.77. The molecule has 0 saturated heterocycles. The maximum absolute atomic E-state index is 12.6. The van der Waals surface area contributed by atoms with Crippen LogP contribution in [0.5, 0.6) is 11.5 Å². The fraction of sp³-hybridized carbons (Fsp3) is 0.471. The minimum atomic E-state index is -0.519. The van der Waals surface area contributed by atoms with Crippen LogP contribution in [0.4, 0.5) is 0 Å². The lowest BCUT2D eigenvalue weighted by molar-refractivity contribution is -0.121. The highest BCUT2D eigenvalue weighted by molar-refractivity contribution is 5.81. The molecule has 2 aromatic rings. The fourth-order valence-corrected chi connectivity index (χ4v) is 2.57. The number of nitrogens with one attached hydrogen (secondary N) is 2. The average molecular weight is 349 g/mol. The molecule has 0 saturated carbocycles. The summed E-state index contributed by atoms with van der Waals surface area (Å²) >= 11 is 0. The van der Waals surface area contributed by atoms with E-state index in [9.17, 15) is 14.4 Å². The van der Waals surface area contributed by atoms with Crippen LogP contribution in [0.25, 0.3) is 10.9 Å². The third-order valence-corrected chi connectivity index (χ3v) is 3.72. The Morgan fingerprint density at radius 2 is 1.84 bits per heavy atom. The van der Waals surface area contributed by atoms with Crippen LogP contribution >= 0.6 is 0 Å². The first kappa shape index (κ1) is 18.6. The van der Waals surface area contributed by atoms with Gasteiger partial charge in [0.2, 0.25) is 5.91 Å². The molecule has 0 spiro atoms. The third-order valence-electron chi connectivity index (χ3n) is 3.72. The lowest BCUT2D eigenvalue weighted by Gasteiger charge is -2.11. The van der Waals surface area contributed by atoms with Gasteiger partial charge in [-0.05, 0) is 26.3 Å². The zero-order chi connectivity index (χ0) is 18.6. The SMILES string of the molecule is COc1cc2[nH]c(=O)n(CCCC(=O)NC(C)C)c(=O)c2cc1OC. The Morgan fingerprint density at radius 3 is 2.44 bits per heavy atom. The Kier molecular flexibility index (Phi) is 5.84. The van der Waals surface area contributed by atoms with Gasteiger partial charge in [-0.3, -0.25) is 14.2 Å². The summed E-state index contributed by atoms with van der Waals surface area (Å²) < 4.78 is 11.5. The van der Waals surface area contributed by atoms with E-state index >= 15 is 0 Å². The van der Waals surface area contributed by atoms with E-state index in [1.165, 1.54) is 20.3 Å². The van der Waals surface area contributed by atoms with Crippen molar-refractivity contribution in [2.75, 3.05) is 14.2 Å². The third kappa shape index (κ3) is 4.20. The molecular weight excluding hydrogens is 326 g/mol. The van der Waals surface area contributed by atoms with Crippen molar-refractivity contribution in [3.05, 3.63) is 33.0 Å². The monoisotopic (exact) mass is 349 g/mol. The topological polar surface area (TPSA) is 102 Å². The standard InChI is InChI=1S/C17H23N3O5/c1-10(2)18-15(21)6-5-7-20-16(22)11-8-13(24-3)14(25-4)9-12(11)19-17(20)23/h8-10H,5-7H2,1-4H3,(H,18,21)(H,19,23). The highest BCUT2D eigenvalue weighted by Gasteiger charge is 2.13. The van der Waals surface area contributed by atoms with Crippen LogP contribution in [-0.2, 0) is 11.3 Å². The van der Waals surface area contributed by atoms with Gasteiger partial charge in [-0.1, -0.05) is 0 Å². The molecule has 0 fully saturated rings. The van der Waals surface area contributed by atoms with Crippen LogP contribution in [-0.4, -0.2) is 35.7 Å². The molecule has 2 N–H and O–H groups in total. The first-order valence-electron chi connectivity index (χ1n) is 8.05. The molecule has 0 aliphatic rings. The second kappa shape index (κ2) is 7.87. The molecule has 0 atom stereocenters. The summed E-state index contributed by atoms with van der Waals surface area (Å²) in [5.74, 6) is 0.724. The number of ether oxygens (including phenoxy) is 2. The molecule has 8 nitrogen and oxygen atoms in total. The molecule has 0 aliphatic heterocycles. The number of carbonyl (C=O) groups excluding carboxylic acids is 1. The molecule has 0 unspecified atom stereocenters. The van der Waals surface area contributed by atoms with Crippen molar-refractivity contribution in [2.45, 2.75) is 39.3 Å². The first-order valence-corrected chi connectivity index (χ1v) is 8.05. The molecule has 1 amide bonds. The highest BCUT2D eigenvalue weighted by atomic mass is 16.5. The number of H-pyrrole nitrogens is 1. The van der Waals surface area contributed by atoms with Crippen molar-refractivity contribution in [1.82, 2.24) is 14.9 Å². The molecular formula is C17H23N3O5. The van der Waals surface area contributed by atoms with E-state index in [1.54, 1.807) is 6.07 Å². The van der Waals surface area contributed by atoms with Crippen molar-refractivity contribution in [3.63, 3.8) is 0 Å². The Morgan fingerprint density at radius 1 is 1.20 bits per heavy atom. The molecule has 1 aromatic heterocycles. The van der Waals surface area contributed by atoms with Gasteiger partial charge in [0.15, 0.2) is 11.5 Å². The van der Waals surface area contributed by atoms with Gasteiger partial charge in [-0.15, -0.1) is 0 Å². The predicted octanol–water partition coefficient (Wildman–Crippen LogP) is 1.01. The van der Waals surface area contributed by atoms with Crippen LogP contribution in [0.2, 0.25) is 0 Å². The zero-order valence-corrected chi connectivity index (χ0v) is 14.8. The van der Waals surface area contributed by atoms with E-state index in [1.807, 2.05) is 13.8 Å². The quantitative estimate of drug-likeness (QED) is 0.777. The summed E-state index contributed by atoms with van der Waals surface area (Å²) in [7, 11) is 2.95. The van der Waals surface area contributed by atoms with E-state index in [-0.39, 0.29) is 24.9 Å². The van der Waals surface area contributed by atoms with Gasteiger partial charge >= 0.3 is 5.69 Å². The van der Waals surface area contributed by atoms with Crippen molar-refractivity contribution in [2.24, 2.45) is 0 Å². The van der Waals surface area contributed by atoms with Crippen molar-refractivity contribution in [1.29, 1.82) is 0 Å². The number of methoxy groups -OCH3 is 2. The lowest BCUT2D eigenvalue weighted by Crippen LogP contribution is -2.36. The Labute approximate surface area is 144 Å². The number of amides is 1. The molecule has 8 heteroatoms. The summed E-state index contributed by atoms with van der Waals surface area (Å²) in [4.78, 5) is 39.1.